The largest absolute Gasteiger partial charge is 0.487 e. The number of pyridine rings is 1. The fourth-order valence-electron chi connectivity index (χ4n) is 3.85. The molecule has 26 heavy (non-hydrogen) atoms. The number of hydrogen-bond acceptors (Lipinski definition) is 4. The smallest absolute Gasteiger partial charge is 0.172 e. The molecule has 0 aromatic carbocycles. The van der Waals surface area contributed by atoms with Gasteiger partial charge in [-0.15, -0.1) is 0 Å². The van der Waals surface area contributed by atoms with E-state index in [-0.39, 0.29) is 0 Å². The number of rotatable bonds is 6. The fourth-order valence-corrected chi connectivity index (χ4v) is 3.85. The summed E-state index contributed by atoms with van der Waals surface area (Å²) in [5.74, 6) is 0.565. The SMILES string of the molecule is Cc1ccc(OCC2=C(c3ccnn3C3CCC3)CCCC2)c(C=O)n1. The van der Waals surface area contributed by atoms with Crippen LogP contribution in [0.1, 0.15) is 72.9 Å². The minimum atomic E-state index is 0.377. The highest BCUT2D eigenvalue weighted by Crippen LogP contribution is 2.37. The van der Waals surface area contributed by atoms with Crippen LogP contribution in [-0.4, -0.2) is 27.7 Å². The molecule has 1 fully saturated rings. The van der Waals surface area contributed by atoms with E-state index in [1.807, 2.05) is 25.3 Å². The van der Waals surface area contributed by atoms with Crippen molar-refractivity contribution in [1.29, 1.82) is 0 Å². The van der Waals surface area contributed by atoms with Crippen molar-refractivity contribution in [1.82, 2.24) is 14.8 Å². The summed E-state index contributed by atoms with van der Waals surface area (Å²) in [5.41, 5.74) is 5.16. The van der Waals surface area contributed by atoms with Crippen molar-refractivity contribution in [2.75, 3.05) is 6.61 Å². The van der Waals surface area contributed by atoms with Gasteiger partial charge in [0.2, 0.25) is 0 Å². The summed E-state index contributed by atoms with van der Waals surface area (Å²) < 4.78 is 8.23. The van der Waals surface area contributed by atoms with Gasteiger partial charge in [0.15, 0.2) is 6.29 Å². The zero-order valence-corrected chi connectivity index (χ0v) is 15.3. The Morgan fingerprint density at radius 2 is 2.04 bits per heavy atom. The van der Waals surface area contributed by atoms with E-state index < -0.39 is 0 Å². The molecule has 2 aromatic heterocycles. The maximum atomic E-state index is 11.3. The Balaban J connectivity index is 1.59. The molecule has 0 atom stereocenters. The number of ether oxygens (including phenoxy) is 1. The van der Waals surface area contributed by atoms with E-state index in [1.54, 1.807) is 0 Å². The monoisotopic (exact) mass is 351 g/mol. The Kier molecular flexibility index (Phi) is 4.87. The van der Waals surface area contributed by atoms with Gasteiger partial charge in [-0.3, -0.25) is 9.48 Å². The lowest BCUT2D eigenvalue weighted by Crippen LogP contribution is -2.21. The first-order valence-corrected chi connectivity index (χ1v) is 9.56. The minimum Gasteiger partial charge on any atom is -0.487 e. The number of aryl methyl sites for hydroxylation is 1. The van der Waals surface area contributed by atoms with Crippen molar-refractivity contribution >= 4 is 11.9 Å². The highest BCUT2D eigenvalue weighted by atomic mass is 16.5. The first kappa shape index (κ1) is 17.0. The normalized spacial score (nSPS) is 17.9. The van der Waals surface area contributed by atoms with Gasteiger partial charge in [-0.2, -0.15) is 5.10 Å². The predicted molar refractivity (Wildman–Crippen MR) is 100 cm³/mol. The van der Waals surface area contributed by atoms with Gasteiger partial charge in [0.05, 0.1) is 11.7 Å². The van der Waals surface area contributed by atoms with E-state index in [0.717, 1.165) is 24.8 Å². The van der Waals surface area contributed by atoms with E-state index in [0.29, 0.717) is 24.1 Å². The third-order valence-corrected chi connectivity index (χ3v) is 5.52. The topological polar surface area (TPSA) is 57.0 Å². The van der Waals surface area contributed by atoms with Gasteiger partial charge >= 0.3 is 0 Å². The van der Waals surface area contributed by atoms with E-state index in [4.69, 9.17) is 4.74 Å². The van der Waals surface area contributed by atoms with Crippen molar-refractivity contribution in [3.63, 3.8) is 0 Å². The Morgan fingerprint density at radius 3 is 2.81 bits per heavy atom. The van der Waals surface area contributed by atoms with E-state index in [2.05, 4.69) is 20.8 Å². The van der Waals surface area contributed by atoms with Crippen molar-refractivity contribution < 1.29 is 9.53 Å². The number of aromatic nitrogens is 3. The third-order valence-electron chi connectivity index (χ3n) is 5.52. The van der Waals surface area contributed by atoms with Crippen LogP contribution in [0.4, 0.5) is 0 Å². The molecule has 0 amide bonds. The highest BCUT2D eigenvalue weighted by Gasteiger charge is 2.25. The molecule has 0 spiro atoms. The lowest BCUT2D eigenvalue weighted by Gasteiger charge is -2.29. The van der Waals surface area contributed by atoms with Crippen LogP contribution in [0.5, 0.6) is 5.75 Å². The molecular weight excluding hydrogens is 326 g/mol. The average Bonchev–Trinajstić information content (AvgIpc) is 3.08. The van der Waals surface area contributed by atoms with Crippen LogP contribution in [0.25, 0.3) is 5.57 Å². The lowest BCUT2D eigenvalue weighted by atomic mass is 9.88. The molecule has 0 unspecified atom stereocenters. The van der Waals surface area contributed by atoms with Gasteiger partial charge in [0.25, 0.3) is 0 Å². The van der Waals surface area contributed by atoms with Crippen molar-refractivity contribution in [3.8, 4) is 5.75 Å². The van der Waals surface area contributed by atoms with E-state index in [9.17, 15) is 4.79 Å². The summed E-state index contributed by atoms with van der Waals surface area (Å²) in [6.07, 6.45) is 11.0. The van der Waals surface area contributed by atoms with Gasteiger partial charge < -0.3 is 4.74 Å². The summed E-state index contributed by atoms with van der Waals surface area (Å²) in [7, 11) is 0. The molecule has 4 rings (SSSR count). The van der Waals surface area contributed by atoms with Crippen LogP contribution in [0.15, 0.2) is 30.0 Å². The second kappa shape index (κ2) is 7.44. The lowest BCUT2D eigenvalue weighted by molar-refractivity contribution is 0.111. The molecule has 1 saturated carbocycles. The zero-order chi connectivity index (χ0) is 17.9. The Labute approximate surface area is 154 Å². The fraction of sp³-hybridized carbons (Fsp3) is 0.476. The first-order valence-electron chi connectivity index (χ1n) is 9.56. The predicted octanol–water partition coefficient (Wildman–Crippen LogP) is 4.53. The van der Waals surface area contributed by atoms with E-state index >= 15 is 0 Å². The van der Waals surface area contributed by atoms with E-state index in [1.165, 1.54) is 48.9 Å². The van der Waals surface area contributed by atoms with Gasteiger partial charge in [-0.1, -0.05) is 0 Å². The molecule has 5 nitrogen and oxygen atoms in total. The number of carbonyl (C=O) groups is 1. The molecular formula is C21H25N3O2. The van der Waals surface area contributed by atoms with Gasteiger partial charge in [-0.25, -0.2) is 4.98 Å². The Morgan fingerprint density at radius 1 is 1.19 bits per heavy atom. The molecule has 0 saturated heterocycles. The van der Waals surface area contributed by atoms with Crippen LogP contribution in [-0.2, 0) is 0 Å². The molecule has 2 heterocycles. The standard InChI is InChI=1S/C21H25N3O2/c1-15-9-10-21(19(13-25)23-15)26-14-16-5-2-3-8-18(16)20-11-12-22-24(20)17-6-4-7-17/h9-13,17H,2-8,14H2,1H3. The molecule has 0 N–H and O–H groups in total. The van der Waals surface area contributed by atoms with Crippen molar-refractivity contribution in [3.05, 3.63) is 47.1 Å². The van der Waals surface area contributed by atoms with Gasteiger partial charge in [-0.05, 0) is 81.2 Å². The number of allylic oxidation sites excluding steroid dienone is 1. The molecule has 2 aliphatic carbocycles. The maximum Gasteiger partial charge on any atom is 0.172 e. The minimum absolute atomic E-state index is 0.377. The first-order chi connectivity index (χ1) is 12.8. The van der Waals surface area contributed by atoms with Gasteiger partial charge in [0, 0.05) is 11.9 Å². The van der Waals surface area contributed by atoms with Crippen LogP contribution in [0.2, 0.25) is 0 Å². The Hall–Kier alpha value is -2.43. The molecule has 136 valence electrons. The Bertz CT molecular complexity index is 834. The van der Waals surface area contributed by atoms with Crippen molar-refractivity contribution in [2.45, 2.75) is 57.9 Å². The number of nitrogens with zero attached hydrogens (tertiary/aromatic N) is 3. The molecule has 0 bridgehead atoms. The third kappa shape index (κ3) is 3.30. The van der Waals surface area contributed by atoms with Crippen LogP contribution >= 0.6 is 0 Å². The molecule has 0 aliphatic heterocycles. The quantitative estimate of drug-likeness (QED) is 0.718. The molecule has 2 aromatic rings. The highest BCUT2D eigenvalue weighted by molar-refractivity contribution is 5.76. The molecule has 2 aliphatic rings. The summed E-state index contributed by atoms with van der Waals surface area (Å²) >= 11 is 0. The van der Waals surface area contributed by atoms with Crippen LogP contribution in [0, 0.1) is 6.92 Å². The summed E-state index contributed by atoms with van der Waals surface area (Å²) in [6.45, 7) is 2.39. The second-order valence-corrected chi connectivity index (χ2v) is 7.28. The average molecular weight is 351 g/mol. The number of hydrogen-bond donors (Lipinski definition) is 0. The van der Waals surface area contributed by atoms with Crippen LogP contribution in [0.3, 0.4) is 0 Å². The summed E-state index contributed by atoms with van der Waals surface area (Å²) in [4.78, 5) is 15.5. The van der Waals surface area contributed by atoms with Gasteiger partial charge in [0.1, 0.15) is 18.1 Å². The summed E-state index contributed by atoms with van der Waals surface area (Å²) in [5, 5.41) is 4.59. The van der Waals surface area contributed by atoms with Crippen LogP contribution < -0.4 is 4.74 Å². The zero-order valence-electron chi connectivity index (χ0n) is 15.3. The molecule has 0 radical (unpaired) electrons. The summed E-state index contributed by atoms with van der Waals surface area (Å²) in [6, 6.07) is 6.42. The second-order valence-electron chi connectivity index (χ2n) is 7.28. The molecule has 5 heteroatoms. The maximum absolute atomic E-state index is 11.3. The number of carbonyl (C=O) groups excluding carboxylic acids is 1. The van der Waals surface area contributed by atoms with Crippen molar-refractivity contribution in [2.24, 2.45) is 0 Å². The number of aldehydes is 1.